The van der Waals surface area contributed by atoms with Crippen LogP contribution < -0.4 is 10.2 Å². The van der Waals surface area contributed by atoms with Gasteiger partial charge in [-0.2, -0.15) is 5.10 Å². The van der Waals surface area contributed by atoms with Gasteiger partial charge in [0, 0.05) is 5.56 Å². The normalized spacial score (nSPS) is 17.4. The first kappa shape index (κ1) is 13.1. The standard InChI is InChI=1S/C16H16N2OS/c1-2-19-14-10-8-13(9-11-14)16-18-17-15(20-16)12-6-4-3-5-7-12/h3-11,16,18H,2H2,1H3/t16-/m0/s1. The Labute approximate surface area is 123 Å². The van der Waals surface area contributed by atoms with Crippen LogP contribution in [0.5, 0.6) is 5.75 Å². The Morgan fingerprint density at radius 1 is 1.10 bits per heavy atom. The first-order valence-corrected chi connectivity index (χ1v) is 7.53. The van der Waals surface area contributed by atoms with Crippen molar-refractivity contribution >= 4 is 16.8 Å². The Morgan fingerprint density at radius 3 is 2.55 bits per heavy atom. The van der Waals surface area contributed by atoms with E-state index in [1.165, 1.54) is 5.56 Å². The van der Waals surface area contributed by atoms with E-state index < -0.39 is 0 Å². The third-order valence-corrected chi connectivity index (χ3v) is 4.19. The largest absolute Gasteiger partial charge is 0.494 e. The van der Waals surface area contributed by atoms with Gasteiger partial charge in [0.25, 0.3) is 0 Å². The minimum Gasteiger partial charge on any atom is -0.494 e. The van der Waals surface area contributed by atoms with Crippen molar-refractivity contribution in [2.24, 2.45) is 5.10 Å². The highest BCUT2D eigenvalue weighted by atomic mass is 32.2. The molecule has 0 radical (unpaired) electrons. The van der Waals surface area contributed by atoms with Gasteiger partial charge in [-0.25, -0.2) is 0 Å². The number of thioether (sulfide) groups is 1. The van der Waals surface area contributed by atoms with Crippen LogP contribution in [0, 0.1) is 0 Å². The van der Waals surface area contributed by atoms with E-state index in [2.05, 4.69) is 34.8 Å². The molecule has 0 aromatic heterocycles. The van der Waals surface area contributed by atoms with Crippen LogP contribution in [0.1, 0.15) is 23.4 Å². The highest BCUT2D eigenvalue weighted by Crippen LogP contribution is 2.34. The maximum absolute atomic E-state index is 5.46. The molecular weight excluding hydrogens is 268 g/mol. The molecule has 0 spiro atoms. The van der Waals surface area contributed by atoms with Crippen molar-refractivity contribution in [2.75, 3.05) is 6.61 Å². The van der Waals surface area contributed by atoms with E-state index in [1.54, 1.807) is 11.8 Å². The van der Waals surface area contributed by atoms with Crippen molar-refractivity contribution in [3.8, 4) is 5.75 Å². The molecule has 0 aliphatic carbocycles. The molecule has 4 heteroatoms. The number of hydrogen-bond acceptors (Lipinski definition) is 4. The number of nitrogens with one attached hydrogen (secondary N) is 1. The molecule has 0 saturated heterocycles. The van der Waals surface area contributed by atoms with Crippen molar-refractivity contribution in [3.63, 3.8) is 0 Å². The highest BCUT2D eigenvalue weighted by Gasteiger charge is 2.21. The van der Waals surface area contributed by atoms with Gasteiger partial charge < -0.3 is 4.74 Å². The monoisotopic (exact) mass is 284 g/mol. The Balaban J connectivity index is 1.69. The molecule has 0 unspecified atom stereocenters. The van der Waals surface area contributed by atoms with Crippen LogP contribution >= 0.6 is 11.8 Å². The van der Waals surface area contributed by atoms with Gasteiger partial charge in [-0.15, -0.1) is 0 Å². The van der Waals surface area contributed by atoms with E-state index in [-0.39, 0.29) is 5.37 Å². The van der Waals surface area contributed by atoms with E-state index in [4.69, 9.17) is 4.74 Å². The fraction of sp³-hybridized carbons (Fsp3) is 0.188. The lowest BCUT2D eigenvalue weighted by Gasteiger charge is -2.10. The molecule has 0 amide bonds. The lowest BCUT2D eigenvalue weighted by Crippen LogP contribution is -2.06. The second-order valence-electron chi connectivity index (χ2n) is 4.41. The number of ether oxygens (including phenoxy) is 1. The third-order valence-electron chi connectivity index (χ3n) is 3.03. The van der Waals surface area contributed by atoms with Gasteiger partial charge in [0.2, 0.25) is 0 Å². The SMILES string of the molecule is CCOc1ccc([C@H]2NN=C(c3ccccc3)S2)cc1. The molecule has 0 bridgehead atoms. The average molecular weight is 284 g/mol. The summed E-state index contributed by atoms with van der Waals surface area (Å²) in [4.78, 5) is 0. The fourth-order valence-corrected chi connectivity index (χ4v) is 3.04. The molecular formula is C16H16N2OS. The van der Waals surface area contributed by atoms with Gasteiger partial charge in [-0.3, -0.25) is 5.43 Å². The minimum atomic E-state index is 0.167. The summed E-state index contributed by atoms with van der Waals surface area (Å²) in [5.74, 6) is 0.906. The van der Waals surface area contributed by atoms with E-state index >= 15 is 0 Å². The predicted molar refractivity (Wildman–Crippen MR) is 84.1 cm³/mol. The number of nitrogens with zero attached hydrogens (tertiary/aromatic N) is 1. The maximum atomic E-state index is 5.46. The summed E-state index contributed by atoms with van der Waals surface area (Å²) in [6, 6.07) is 18.4. The summed E-state index contributed by atoms with van der Waals surface area (Å²) in [7, 11) is 0. The van der Waals surface area contributed by atoms with Crippen molar-refractivity contribution in [2.45, 2.75) is 12.3 Å². The molecule has 1 atom stereocenters. The van der Waals surface area contributed by atoms with E-state index in [9.17, 15) is 0 Å². The topological polar surface area (TPSA) is 33.6 Å². The molecule has 1 N–H and O–H groups in total. The van der Waals surface area contributed by atoms with Crippen LogP contribution in [-0.2, 0) is 0 Å². The Hall–Kier alpha value is -1.94. The van der Waals surface area contributed by atoms with E-state index in [0.29, 0.717) is 6.61 Å². The van der Waals surface area contributed by atoms with Crippen molar-refractivity contribution in [1.82, 2.24) is 5.43 Å². The molecule has 3 nitrogen and oxygen atoms in total. The zero-order valence-corrected chi connectivity index (χ0v) is 12.1. The molecule has 0 fully saturated rings. The number of hydrazone groups is 1. The van der Waals surface area contributed by atoms with Gasteiger partial charge in [0.15, 0.2) is 0 Å². The van der Waals surface area contributed by atoms with Gasteiger partial charge in [-0.05, 0) is 24.6 Å². The zero-order valence-electron chi connectivity index (χ0n) is 11.2. The van der Waals surface area contributed by atoms with Crippen LogP contribution in [0.3, 0.4) is 0 Å². The van der Waals surface area contributed by atoms with E-state index in [0.717, 1.165) is 16.4 Å². The highest BCUT2D eigenvalue weighted by molar-refractivity contribution is 8.14. The quantitative estimate of drug-likeness (QED) is 0.927. The molecule has 20 heavy (non-hydrogen) atoms. The first-order chi connectivity index (χ1) is 9.86. The van der Waals surface area contributed by atoms with Crippen molar-refractivity contribution < 1.29 is 4.74 Å². The summed E-state index contributed by atoms with van der Waals surface area (Å²) in [6.07, 6.45) is 0. The summed E-state index contributed by atoms with van der Waals surface area (Å²) >= 11 is 1.73. The Kier molecular flexibility index (Phi) is 3.92. The second kappa shape index (κ2) is 6.01. The number of benzene rings is 2. The molecule has 0 saturated carbocycles. The molecule has 1 aliphatic heterocycles. The maximum Gasteiger partial charge on any atom is 0.126 e. The summed E-state index contributed by atoms with van der Waals surface area (Å²) in [5.41, 5.74) is 5.54. The second-order valence-corrected chi connectivity index (χ2v) is 5.51. The number of hydrogen-bond donors (Lipinski definition) is 1. The van der Waals surface area contributed by atoms with Crippen LogP contribution in [0.25, 0.3) is 0 Å². The van der Waals surface area contributed by atoms with Crippen molar-refractivity contribution in [1.29, 1.82) is 0 Å². The molecule has 3 rings (SSSR count). The molecule has 2 aromatic carbocycles. The zero-order chi connectivity index (χ0) is 13.8. The first-order valence-electron chi connectivity index (χ1n) is 6.65. The van der Waals surface area contributed by atoms with Gasteiger partial charge in [0.1, 0.15) is 16.2 Å². The van der Waals surface area contributed by atoms with Crippen LogP contribution in [0.4, 0.5) is 0 Å². The fourth-order valence-electron chi connectivity index (χ4n) is 2.04. The van der Waals surface area contributed by atoms with Crippen molar-refractivity contribution in [3.05, 3.63) is 65.7 Å². The van der Waals surface area contributed by atoms with Gasteiger partial charge in [-0.1, -0.05) is 54.2 Å². The molecule has 1 heterocycles. The Morgan fingerprint density at radius 2 is 1.85 bits per heavy atom. The van der Waals surface area contributed by atoms with Crippen LogP contribution in [0.2, 0.25) is 0 Å². The lowest BCUT2D eigenvalue weighted by molar-refractivity contribution is 0.340. The predicted octanol–water partition coefficient (Wildman–Crippen LogP) is 3.78. The molecule has 1 aliphatic rings. The summed E-state index contributed by atoms with van der Waals surface area (Å²) in [5, 5.41) is 5.62. The van der Waals surface area contributed by atoms with Crippen LogP contribution in [0.15, 0.2) is 59.7 Å². The van der Waals surface area contributed by atoms with Gasteiger partial charge >= 0.3 is 0 Å². The summed E-state index contributed by atoms with van der Waals surface area (Å²) < 4.78 is 5.46. The third kappa shape index (κ3) is 2.80. The Bertz CT molecular complexity index is 596. The van der Waals surface area contributed by atoms with Gasteiger partial charge in [0.05, 0.1) is 6.61 Å². The molecule has 102 valence electrons. The molecule has 2 aromatic rings. The van der Waals surface area contributed by atoms with Crippen LogP contribution in [-0.4, -0.2) is 11.7 Å². The smallest absolute Gasteiger partial charge is 0.126 e. The van der Waals surface area contributed by atoms with E-state index in [1.807, 2.05) is 37.3 Å². The summed E-state index contributed by atoms with van der Waals surface area (Å²) in [6.45, 7) is 2.68. The number of rotatable bonds is 4. The minimum absolute atomic E-state index is 0.167. The lowest BCUT2D eigenvalue weighted by atomic mass is 10.2. The average Bonchev–Trinajstić information content (AvgIpc) is 2.99.